The van der Waals surface area contributed by atoms with Crippen molar-refractivity contribution in [1.82, 2.24) is 10.6 Å². The summed E-state index contributed by atoms with van der Waals surface area (Å²) >= 11 is 0. The molecule has 0 aliphatic carbocycles. The molecule has 4 N–H and O–H groups in total. The van der Waals surface area contributed by atoms with Crippen molar-refractivity contribution in [2.24, 2.45) is 5.73 Å². The van der Waals surface area contributed by atoms with Gasteiger partial charge in [-0.1, -0.05) is 69.0 Å². The third-order valence-electron chi connectivity index (χ3n) is 4.14. The van der Waals surface area contributed by atoms with Gasteiger partial charge in [-0.25, -0.2) is 0 Å². The van der Waals surface area contributed by atoms with E-state index in [1.54, 1.807) is 6.08 Å². The highest BCUT2D eigenvalue weighted by Crippen LogP contribution is 2.05. The van der Waals surface area contributed by atoms with Crippen LogP contribution in [0, 0.1) is 0 Å². The Morgan fingerprint density at radius 1 is 1.12 bits per heavy atom. The third kappa shape index (κ3) is 11.4. The first kappa shape index (κ1) is 21.9. The predicted molar refractivity (Wildman–Crippen MR) is 107 cm³/mol. The molecule has 0 heterocycles. The third-order valence-corrected chi connectivity index (χ3v) is 4.14. The summed E-state index contributed by atoms with van der Waals surface area (Å²) < 4.78 is 0. The van der Waals surface area contributed by atoms with E-state index < -0.39 is 5.91 Å². The van der Waals surface area contributed by atoms with Gasteiger partial charge in [0.05, 0.1) is 6.04 Å². The summed E-state index contributed by atoms with van der Waals surface area (Å²) in [6.45, 7) is 3.54. The van der Waals surface area contributed by atoms with E-state index in [9.17, 15) is 9.59 Å². The minimum absolute atomic E-state index is 0.0190. The maximum atomic E-state index is 12.1. The number of hydrogen-bond donors (Lipinski definition) is 3. The molecule has 0 fully saturated rings. The van der Waals surface area contributed by atoms with Gasteiger partial charge in [-0.05, 0) is 24.9 Å². The van der Waals surface area contributed by atoms with Crippen molar-refractivity contribution in [1.29, 1.82) is 0 Å². The Kier molecular flexibility index (Phi) is 11.9. The minimum Gasteiger partial charge on any atom is -0.366 e. The Bertz CT molecular complexity index is 543. The number of rotatable bonds is 14. The average molecular weight is 360 g/mol. The molecule has 144 valence electrons. The lowest BCUT2D eigenvalue weighted by atomic mass is 10.1. The van der Waals surface area contributed by atoms with Crippen molar-refractivity contribution in [2.45, 2.75) is 57.9 Å². The molecule has 5 heteroatoms. The average Bonchev–Trinajstić information content (AvgIpc) is 2.63. The Labute approximate surface area is 157 Å². The van der Waals surface area contributed by atoms with E-state index >= 15 is 0 Å². The second-order valence-electron chi connectivity index (χ2n) is 6.54. The summed E-state index contributed by atoms with van der Waals surface area (Å²) in [4.78, 5) is 23.1. The van der Waals surface area contributed by atoms with Gasteiger partial charge >= 0.3 is 0 Å². The first-order valence-electron chi connectivity index (χ1n) is 9.63. The molecule has 1 atom stereocenters. The normalized spacial score (nSPS) is 12.2. The summed E-state index contributed by atoms with van der Waals surface area (Å²) in [5, 5.41) is 6.29. The molecular formula is C21H33N3O2. The predicted octanol–water partition coefficient (Wildman–Crippen LogP) is 2.71. The van der Waals surface area contributed by atoms with Gasteiger partial charge in [0.25, 0.3) is 0 Å². The maximum absolute atomic E-state index is 12.1. The van der Waals surface area contributed by atoms with Crippen LogP contribution in [-0.2, 0) is 16.0 Å². The van der Waals surface area contributed by atoms with Crippen LogP contribution >= 0.6 is 0 Å². The van der Waals surface area contributed by atoms with Gasteiger partial charge in [0, 0.05) is 19.0 Å². The molecule has 0 aliphatic heterocycles. The van der Waals surface area contributed by atoms with Gasteiger partial charge in [0.2, 0.25) is 11.8 Å². The quantitative estimate of drug-likeness (QED) is 0.353. The van der Waals surface area contributed by atoms with Crippen LogP contribution in [0.3, 0.4) is 0 Å². The molecule has 5 nitrogen and oxygen atoms in total. The summed E-state index contributed by atoms with van der Waals surface area (Å²) in [6.07, 6.45) is 9.98. The van der Waals surface area contributed by atoms with E-state index in [4.69, 9.17) is 5.73 Å². The number of amides is 2. The van der Waals surface area contributed by atoms with Crippen LogP contribution < -0.4 is 16.4 Å². The summed E-state index contributed by atoms with van der Waals surface area (Å²) in [5.74, 6) is -0.487. The standard InChI is InChI=1S/C21H33N3O2/c1-2-3-4-5-9-12-21(26)24-19(13-14-20(22)25)17-23-16-15-18-10-7-6-8-11-18/h6-8,10-11,13-14,19,23H,2-5,9,12,15-17H2,1H3,(H2,22,25)(H,24,26)/b14-13+. The molecule has 26 heavy (non-hydrogen) atoms. The molecule has 1 unspecified atom stereocenters. The van der Waals surface area contributed by atoms with Gasteiger partial charge in [-0.2, -0.15) is 0 Å². The van der Waals surface area contributed by atoms with Crippen LogP contribution in [0.1, 0.15) is 51.0 Å². The first-order valence-corrected chi connectivity index (χ1v) is 9.63. The van der Waals surface area contributed by atoms with Gasteiger partial charge in [0.15, 0.2) is 0 Å². The Balaban J connectivity index is 2.33. The fourth-order valence-electron chi connectivity index (χ4n) is 2.68. The van der Waals surface area contributed by atoms with E-state index in [2.05, 4.69) is 29.7 Å². The zero-order chi connectivity index (χ0) is 19.0. The first-order chi connectivity index (χ1) is 12.6. The number of hydrogen-bond acceptors (Lipinski definition) is 3. The van der Waals surface area contributed by atoms with Crippen molar-refractivity contribution in [2.75, 3.05) is 13.1 Å². The summed E-state index contributed by atoms with van der Waals surface area (Å²) in [6, 6.07) is 9.99. The Morgan fingerprint density at radius 2 is 1.85 bits per heavy atom. The van der Waals surface area contributed by atoms with Gasteiger partial charge in [-0.15, -0.1) is 0 Å². The largest absolute Gasteiger partial charge is 0.366 e. The van der Waals surface area contributed by atoms with Gasteiger partial charge in [-0.3, -0.25) is 9.59 Å². The van der Waals surface area contributed by atoms with E-state index in [1.807, 2.05) is 18.2 Å². The Hall–Kier alpha value is -2.14. The molecular weight excluding hydrogens is 326 g/mol. The molecule has 0 aromatic heterocycles. The second-order valence-corrected chi connectivity index (χ2v) is 6.54. The SMILES string of the molecule is CCCCCCCC(=O)NC(/C=C/C(N)=O)CNCCc1ccccc1. The number of carbonyl (C=O) groups is 2. The molecule has 1 aromatic carbocycles. The lowest BCUT2D eigenvalue weighted by Gasteiger charge is -2.16. The van der Waals surface area contributed by atoms with E-state index in [1.165, 1.54) is 30.9 Å². The molecule has 2 amide bonds. The number of primary amides is 1. The maximum Gasteiger partial charge on any atom is 0.241 e. The smallest absolute Gasteiger partial charge is 0.241 e. The second kappa shape index (κ2) is 14.1. The topological polar surface area (TPSA) is 84.2 Å². The van der Waals surface area contributed by atoms with Crippen LogP contribution in [0.25, 0.3) is 0 Å². The number of nitrogens with two attached hydrogens (primary N) is 1. The molecule has 0 saturated heterocycles. The highest BCUT2D eigenvalue weighted by molar-refractivity contribution is 5.86. The molecule has 0 bridgehead atoms. The van der Waals surface area contributed by atoms with E-state index in [-0.39, 0.29) is 11.9 Å². The zero-order valence-electron chi connectivity index (χ0n) is 15.9. The fourth-order valence-corrected chi connectivity index (χ4v) is 2.68. The lowest BCUT2D eigenvalue weighted by Crippen LogP contribution is -2.41. The number of unbranched alkanes of at least 4 members (excludes halogenated alkanes) is 4. The van der Waals surface area contributed by atoms with Gasteiger partial charge < -0.3 is 16.4 Å². The number of nitrogens with one attached hydrogen (secondary N) is 2. The van der Waals surface area contributed by atoms with Crippen molar-refractivity contribution >= 4 is 11.8 Å². The zero-order valence-corrected chi connectivity index (χ0v) is 15.9. The fraction of sp³-hybridized carbons (Fsp3) is 0.524. The van der Waals surface area contributed by atoms with Crippen LogP contribution in [0.4, 0.5) is 0 Å². The van der Waals surface area contributed by atoms with Crippen LogP contribution in [0.5, 0.6) is 0 Å². The van der Waals surface area contributed by atoms with Gasteiger partial charge in [0.1, 0.15) is 0 Å². The lowest BCUT2D eigenvalue weighted by molar-refractivity contribution is -0.121. The van der Waals surface area contributed by atoms with E-state index in [0.717, 1.165) is 25.8 Å². The molecule has 0 radical (unpaired) electrons. The summed E-state index contributed by atoms with van der Waals surface area (Å²) in [7, 11) is 0. The van der Waals surface area contributed by atoms with E-state index in [0.29, 0.717) is 13.0 Å². The van der Waals surface area contributed by atoms with Crippen molar-refractivity contribution in [3.63, 3.8) is 0 Å². The molecule has 1 aromatic rings. The monoisotopic (exact) mass is 359 g/mol. The highest BCUT2D eigenvalue weighted by atomic mass is 16.2. The van der Waals surface area contributed by atoms with Crippen LogP contribution in [0.15, 0.2) is 42.5 Å². The molecule has 1 rings (SSSR count). The highest BCUT2D eigenvalue weighted by Gasteiger charge is 2.09. The molecule has 0 saturated carbocycles. The molecule has 0 spiro atoms. The van der Waals surface area contributed by atoms with Crippen molar-refractivity contribution in [3.05, 3.63) is 48.0 Å². The number of carbonyl (C=O) groups excluding carboxylic acids is 2. The minimum atomic E-state index is -0.506. The van der Waals surface area contributed by atoms with Crippen molar-refractivity contribution in [3.8, 4) is 0 Å². The molecule has 0 aliphatic rings. The van der Waals surface area contributed by atoms with Crippen molar-refractivity contribution < 1.29 is 9.59 Å². The van der Waals surface area contributed by atoms with Crippen LogP contribution in [0.2, 0.25) is 0 Å². The van der Waals surface area contributed by atoms with Crippen LogP contribution in [-0.4, -0.2) is 30.9 Å². The number of benzene rings is 1. The Morgan fingerprint density at radius 3 is 2.54 bits per heavy atom. The summed E-state index contributed by atoms with van der Waals surface area (Å²) in [5.41, 5.74) is 6.43.